The second-order valence-electron chi connectivity index (χ2n) is 5.85. The van der Waals surface area contributed by atoms with E-state index in [2.05, 4.69) is 4.98 Å². The van der Waals surface area contributed by atoms with Crippen LogP contribution < -0.4 is 15.0 Å². The number of pyridine rings is 1. The molecule has 1 aromatic heterocycles. The van der Waals surface area contributed by atoms with Crippen LogP contribution in [-0.2, 0) is 6.42 Å². The number of benzene rings is 1. The van der Waals surface area contributed by atoms with E-state index in [1.54, 1.807) is 13.2 Å². The van der Waals surface area contributed by atoms with Crippen molar-refractivity contribution in [2.75, 3.05) is 14.2 Å². The molecule has 1 heterocycles. The second-order valence-corrected chi connectivity index (χ2v) is 5.85. The molecule has 0 fully saturated rings. The van der Waals surface area contributed by atoms with Crippen LogP contribution in [0.3, 0.4) is 0 Å². The van der Waals surface area contributed by atoms with E-state index in [4.69, 9.17) is 14.6 Å². The molecule has 0 saturated carbocycles. The van der Waals surface area contributed by atoms with Gasteiger partial charge in [0.2, 0.25) is 0 Å². The van der Waals surface area contributed by atoms with Gasteiger partial charge < -0.3 is 19.6 Å². The number of carbonyl (C=O) groups excluding carboxylic acids is 1. The van der Waals surface area contributed by atoms with Crippen molar-refractivity contribution in [1.29, 1.82) is 0 Å². The first-order valence-electron chi connectivity index (χ1n) is 7.69. The molecule has 0 spiro atoms. The first kappa shape index (κ1) is 16.8. The maximum atomic E-state index is 12.5. The van der Waals surface area contributed by atoms with E-state index in [-0.39, 0.29) is 23.7 Å². The Labute approximate surface area is 143 Å². The van der Waals surface area contributed by atoms with Crippen LogP contribution in [0.1, 0.15) is 44.3 Å². The van der Waals surface area contributed by atoms with Crippen LogP contribution in [-0.4, -0.2) is 36.1 Å². The van der Waals surface area contributed by atoms with Gasteiger partial charge in [-0.1, -0.05) is 6.07 Å². The predicted molar refractivity (Wildman–Crippen MR) is 89.0 cm³/mol. The van der Waals surface area contributed by atoms with E-state index in [1.165, 1.54) is 13.2 Å². The molecule has 2 N–H and O–H groups in total. The van der Waals surface area contributed by atoms with Gasteiger partial charge in [0.05, 0.1) is 14.2 Å². The fourth-order valence-electron chi connectivity index (χ4n) is 3.13. The molecule has 7 heteroatoms. The number of hydrogen-bond donors (Lipinski definition) is 2. The van der Waals surface area contributed by atoms with Gasteiger partial charge in [0, 0.05) is 17.7 Å². The van der Waals surface area contributed by atoms with Crippen molar-refractivity contribution in [3.05, 3.63) is 57.0 Å². The normalized spacial score (nSPS) is 16.2. The van der Waals surface area contributed by atoms with Gasteiger partial charge in [-0.15, -0.1) is 0 Å². The molecule has 130 valence electrons. The van der Waals surface area contributed by atoms with Crippen LogP contribution >= 0.6 is 0 Å². The zero-order chi connectivity index (χ0) is 18.1. The number of methoxy groups -OCH3 is 2. The Morgan fingerprint density at radius 3 is 2.48 bits per heavy atom. The Kier molecular flexibility index (Phi) is 4.31. The van der Waals surface area contributed by atoms with Crippen molar-refractivity contribution in [1.82, 2.24) is 4.98 Å². The number of rotatable bonds is 4. The number of fused-ring (bicyclic) bond motifs is 1. The zero-order valence-corrected chi connectivity index (χ0v) is 13.8. The lowest BCUT2D eigenvalue weighted by Gasteiger charge is -2.24. The molecule has 7 nitrogen and oxygen atoms in total. The summed E-state index contributed by atoms with van der Waals surface area (Å²) in [5.74, 6) is -0.522. The summed E-state index contributed by atoms with van der Waals surface area (Å²) in [5, 5.41) is 9.03. The maximum Gasteiger partial charge on any atom is 0.341 e. The van der Waals surface area contributed by atoms with Crippen molar-refractivity contribution >= 4 is 11.8 Å². The van der Waals surface area contributed by atoms with E-state index in [9.17, 15) is 14.4 Å². The third-order valence-electron chi connectivity index (χ3n) is 4.41. The number of hydrogen-bond acceptors (Lipinski definition) is 5. The van der Waals surface area contributed by atoms with Crippen molar-refractivity contribution in [2.24, 2.45) is 0 Å². The SMILES string of the molecule is COc1ccc([C@H]2CC(=O)c3cc(C(=O)O)c(=O)[nH]c3C2)cc1OC. The van der Waals surface area contributed by atoms with Gasteiger partial charge in [0.1, 0.15) is 5.56 Å². The van der Waals surface area contributed by atoms with Crippen LogP contribution in [0.25, 0.3) is 0 Å². The number of carboxylic acid groups (broad SMARTS) is 1. The van der Waals surface area contributed by atoms with Crippen LogP contribution in [0, 0.1) is 0 Å². The molecule has 25 heavy (non-hydrogen) atoms. The smallest absolute Gasteiger partial charge is 0.341 e. The van der Waals surface area contributed by atoms with Crippen molar-refractivity contribution in [3.63, 3.8) is 0 Å². The van der Waals surface area contributed by atoms with E-state index < -0.39 is 17.1 Å². The Balaban J connectivity index is 1.99. The summed E-state index contributed by atoms with van der Waals surface area (Å²) in [6.45, 7) is 0. The lowest BCUT2D eigenvalue weighted by Crippen LogP contribution is -2.27. The third kappa shape index (κ3) is 3.00. The van der Waals surface area contributed by atoms with Crippen LogP contribution in [0.4, 0.5) is 0 Å². The number of H-pyrrole nitrogens is 1. The Hall–Kier alpha value is -3.09. The fourth-order valence-corrected chi connectivity index (χ4v) is 3.13. The molecule has 0 saturated heterocycles. The minimum atomic E-state index is -1.35. The van der Waals surface area contributed by atoms with Crippen molar-refractivity contribution in [2.45, 2.75) is 18.8 Å². The van der Waals surface area contributed by atoms with E-state index >= 15 is 0 Å². The number of aromatic nitrogens is 1. The molecule has 1 aliphatic carbocycles. The number of Topliss-reactive ketones (excluding diaryl/α,β-unsaturated/α-hetero) is 1. The first-order chi connectivity index (χ1) is 11.9. The number of ether oxygens (including phenoxy) is 2. The highest BCUT2D eigenvalue weighted by atomic mass is 16.5. The molecule has 3 rings (SSSR count). The van der Waals surface area contributed by atoms with Gasteiger partial charge in [-0.2, -0.15) is 0 Å². The lowest BCUT2D eigenvalue weighted by atomic mass is 9.81. The van der Waals surface area contributed by atoms with E-state index in [1.807, 2.05) is 12.1 Å². The molecule has 0 aliphatic heterocycles. The van der Waals surface area contributed by atoms with Gasteiger partial charge in [-0.05, 0) is 36.1 Å². The summed E-state index contributed by atoms with van der Waals surface area (Å²) >= 11 is 0. The molecular formula is C18H17NO6. The topological polar surface area (TPSA) is 106 Å². The number of carboxylic acids is 1. The zero-order valence-electron chi connectivity index (χ0n) is 13.8. The number of nitrogens with one attached hydrogen (secondary N) is 1. The molecule has 0 bridgehead atoms. The largest absolute Gasteiger partial charge is 0.493 e. The number of ketones is 1. The van der Waals surface area contributed by atoms with Crippen molar-refractivity contribution in [3.8, 4) is 11.5 Å². The van der Waals surface area contributed by atoms with Gasteiger partial charge in [0.25, 0.3) is 5.56 Å². The maximum absolute atomic E-state index is 12.5. The molecule has 1 aromatic carbocycles. The van der Waals surface area contributed by atoms with Crippen LogP contribution in [0.2, 0.25) is 0 Å². The minimum Gasteiger partial charge on any atom is -0.493 e. The number of aromatic amines is 1. The monoisotopic (exact) mass is 343 g/mol. The molecule has 1 aliphatic rings. The summed E-state index contributed by atoms with van der Waals surface area (Å²) in [7, 11) is 3.08. The molecular weight excluding hydrogens is 326 g/mol. The Morgan fingerprint density at radius 1 is 1.12 bits per heavy atom. The third-order valence-corrected chi connectivity index (χ3v) is 4.41. The van der Waals surface area contributed by atoms with Crippen LogP contribution in [0.5, 0.6) is 11.5 Å². The highest BCUT2D eigenvalue weighted by molar-refractivity contribution is 6.00. The average Bonchev–Trinajstić information content (AvgIpc) is 2.60. The predicted octanol–water partition coefficient (Wildman–Crippen LogP) is 2.00. The lowest BCUT2D eigenvalue weighted by molar-refractivity contribution is 0.0695. The summed E-state index contributed by atoms with van der Waals surface area (Å²) in [5.41, 5.74) is 0.503. The quantitative estimate of drug-likeness (QED) is 0.879. The van der Waals surface area contributed by atoms with Crippen molar-refractivity contribution < 1.29 is 24.2 Å². The molecule has 0 amide bonds. The minimum absolute atomic E-state index is 0.133. The van der Waals surface area contributed by atoms with Gasteiger partial charge in [-0.3, -0.25) is 9.59 Å². The van der Waals surface area contributed by atoms with Crippen LogP contribution in [0.15, 0.2) is 29.1 Å². The fraction of sp³-hybridized carbons (Fsp3) is 0.278. The summed E-state index contributed by atoms with van der Waals surface area (Å²) in [6, 6.07) is 6.60. The van der Waals surface area contributed by atoms with Gasteiger partial charge in [0.15, 0.2) is 17.3 Å². The Bertz CT molecular complexity index is 914. The van der Waals surface area contributed by atoms with E-state index in [0.717, 1.165) is 5.56 Å². The molecule has 0 unspecified atom stereocenters. The number of aromatic carboxylic acids is 1. The molecule has 1 atom stereocenters. The van der Waals surface area contributed by atoms with Gasteiger partial charge in [-0.25, -0.2) is 4.79 Å². The highest BCUT2D eigenvalue weighted by Crippen LogP contribution is 2.36. The average molecular weight is 343 g/mol. The standard InChI is InChI=1S/C18H17NO6/c1-24-15-4-3-9(7-16(15)25-2)10-5-13-11(14(20)6-10)8-12(18(22)23)17(21)19-13/h3-4,7-8,10H,5-6H2,1-2H3,(H,19,21)(H,22,23)/t10-/m1/s1. The van der Waals surface area contributed by atoms with E-state index in [0.29, 0.717) is 23.6 Å². The molecule has 2 aromatic rings. The highest BCUT2D eigenvalue weighted by Gasteiger charge is 2.29. The second kappa shape index (κ2) is 6.43. The molecule has 0 radical (unpaired) electrons. The van der Waals surface area contributed by atoms with Gasteiger partial charge >= 0.3 is 5.97 Å². The summed E-state index contributed by atoms with van der Waals surface area (Å²) < 4.78 is 10.5. The first-order valence-corrected chi connectivity index (χ1v) is 7.69. The summed E-state index contributed by atoms with van der Waals surface area (Å²) in [4.78, 5) is 38.0. The summed E-state index contributed by atoms with van der Waals surface area (Å²) in [6.07, 6.45) is 0.666. The number of carbonyl (C=O) groups is 2. The Morgan fingerprint density at radius 2 is 1.84 bits per heavy atom.